The van der Waals surface area contributed by atoms with Crippen LogP contribution in [0.2, 0.25) is 0 Å². The van der Waals surface area contributed by atoms with Gasteiger partial charge in [-0.2, -0.15) is 0 Å². The van der Waals surface area contributed by atoms with Crippen LogP contribution in [0.15, 0.2) is 86.1 Å². The summed E-state index contributed by atoms with van der Waals surface area (Å²) in [5.41, 5.74) is 4.94. The third-order valence-corrected chi connectivity index (χ3v) is 6.47. The van der Waals surface area contributed by atoms with Gasteiger partial charge in [0.1, 0.15) is 5.58 Å². The van der Waals surface area contributed by atoms with Gasteiger partial charge in [0.2, 0.25) is 5.78 Å². The molecule has 0 aliphatic heterocycles. The highest BCUT2D eigenvalue weighted by atomic mass is 32.2. The van der Waals surface area contributed by atoms with E-state index in [9.17, 15) is 9.59 Å². The molecule has 34 heavy (non-hydrogen) atoms. The molecule has 0 saturated carbocycles. The molecule has 0 aliphatic carbocycles. The summed E-state index contributed by atoms with van der Waals surface area (Å²) in [4.78, 5) is 30.9. The lowest BCUT2D eigenvalue weighted by molar-refractivity contribution is -0.140. The van der Waals surface area contributed by atoms with E-state index in [4.69, 9.17) is 9.25 Å². The smallest absolute Gasteiger partial charge is 0.331 e. The van der Waals surface area contributed by atoms with E-state index in [2.05, 4.69) is 5.16 Å². The number of benzene rings is 3. The van der Waals surface area contributed by atoms with Gasteiger partial charge in [-0.3, -0.25) is 4.79 Å². The average Bonchev–Trinajstić information content (AvgIpc) is 3.16. The fraction of sp³-hybridized carbons (Fsp3) is 0.179. The van der Waals surface area contributed by atoms with Gasteiger partial charge in [0, 0.05) is 33.2 Å². The van der Waals surface area contributed by atoms with Crippen LogP contribution in [0.5, 0.6) is 0 Å². The third kappa shape index (κ3) is 5.13. The minimum atomic E-state index is -0.439. The van der Waals surface area contributed by atoms with Crippen LogP contribution >= 0.6 is 11.8 Å². The van der Waals surface area contributed by atoms with Gasteiger partial charge in [0.25, 0.3) is 0 Å². The first-order valence-electron chi connectivity index (χ1n) is 11.0. The number of nitrogens with zero attached hydrogens (tertiary/aromatic N) is 1. The number of carbonyl (C=O) groups excluding carboxylic acids is 2. The first-order chi connectivity index (χ1) is 16.4. The monoisotopic (exact) mass is 471 g/mol. The van der Waals surface area contributed by atoms with Crippen LogP contribution in [0.4, 0.5) is 0 Å². The third-order valence-electron chi connectivity index (χ3n) is 5.46. The molecule has 0 fully saturated rings. The Bertz CT molecular complexity index is 1380. The lowest BCUT2D eigenvalue weighted by atomic mass is 10.0. The van der Waals surface area contributed by atoms with Crippen molar-refractivity contribution in [2.45, 2.75) is 43.9 Å². The second-order valence-corrected chi connectivity index (χ2v) is 9.16. The second kappa shape index (κ2) is 10.1. The van der Waals surface area contributed by atoms with Gasteiger partial charge < -0.3 is 9.25 Å². The van der Waals surface area contributed by atoms with Gasteiger partial charge in [-0.25, -0.2) is 4.79 Å². The van der Waals surface area contributed by atoms with Crippen molar-refractivity contribution in [2.75, 3.05) is 0 Å². The van der Waals surface area contributed by atoms with Crippen LogP contribution in [-0.4, -0.2) is 17.5 Å². The normalized spacial score (nSPS) is 11.6. The summed E-state index contributed by atoms with van der Waals surface area (Å²) in [6, 6.07) is 21.4. The first kappa shape index (κ1) is 23.5. The van der Waals surface area contributed by atoms with E-state index in [-0.39, 0.29) is 5.78 Å². The lowest BCUT2D eigenvalue weighted by Crippen LogP contribution is -2.02. The molecule has 0 atom stereocenters. The number of hydrogen-bond acceptors (Lipinski definition) is 6. The standard InChI is InChI=1S/C28H25NO4S/c1-5-25(29-33-19(4)30)20-7-11-22(12-8-20)34-23-13-9-21(10-14-23)27(31)28-18(3)24-16-17(2)6-15-26(24)32-28/h6-16H,5H2,1-4H3. The highest BCUT2D eigenvalue weighted by molar-refractivity contribution is 7.99. The molecule has 172 valence electrons. The van der Waals surface area contributed by atoms with Crippen molar-refractivity contribution >= 4 is 40.2 Å². The number of hydrogen-bond donors (Lipinski definition) is 0. The second-order valence-electron chi connectivity index (χ2n) is 8.01. The molecule has 0 unspecified atom stereocenters. The number of aryl methyl sites for hydroxylation is 2. The Morgan fingerprint density at radius 1 is 0.912 bits per heavy atom. The quantitative estimate of drug-likeness (QED) is 0.124. The summed E-state index contributed by atoms with van der Waals surface area (Å²) in [5, 5.41) is 4.90. The molecule has 0 aliphatic rings. The van der Waals surface area contributed by atoms with Crippen molar-refractivity contribution in [1.29, 1.82) is 0 Å². The van der Waals surface area contributed by atoms with Crippen molar-refractivity contribution in [3.8, 4) is 0 Å². The first-order valence-corrected chi connectivity index (χ1v) is 11.8. The largest absolute Gasteiger partial charge is 0.452 e. The fourth-order valence-electron chi connectivity index (χ4n) is 3.65. The Morgan fingerprint density at radius 2 is 1.53 bits per heavy atom. The Morgan fingerprint density at radius 3 is 2.12 bits per heavy atom. The van der Waals surface area contributed by atoms with Crippen LogP contribution in [0.3, 0.4) is 0 Å². The summed E-state index contributed by atoms with van der Waals surface area (Å²) in [5.74, 6) is -0.171. The zero-order chi connectivity index (χ0) is 24.2. The Labute approximate surface area is 202 Å². The van der Waals surface area contributed by atoms with E-state index in [0.717, 1.165) is 37.5 Å². The summed E-state index contributed by atoms with van der Waals surface area (Å²) in [7, 11) is 0. The lowest BCUT2D eigenvalue weighted by Gasteiger charge is -2.06. The van der Waals surface area contributed by atoms with Gasteiger partial charge in [-0.15, -0.1) is 0 Å². The van der Waals surface area contributed by atoms with E-state index in [0.29, 0.717) is 23.5 Å². The highest BCUT2D eigenvalue weighted by Crippen LogP contribution is 2.31. The van der Waals surface area contributed by atoms with Crippen LogP contribution in [0.1, 0.15) is 53.1 Å². The SMILES string of the molecule is CCC(=NOC(C)=O)c1ccc(Sc2ccc(C(=O)c3oc4ccc(C)cc4c3C)cc2)cc1. The molecule has 0 spiro atoms. The summed E-state index contributed by atoms with van der Waals surface area (Å²) >= 11 is 1.60. The zero-order valence-corrected chi connectivity index (χ0v) is 20.4. The van der Waals surface area contributed by atoms with Gasteiger partial charge in [0.15, 0.2) is 5.76 Å². The molecule has 6 heteroatoms. The summed E-state index contributed by atoms with van der Waals surface area (Å²) in [6.07, 6.45) is 0.652. The van der Waals surface area contributed by atoms with Gasteiger partial charge >= 0.3 is 5.97 Å². The number of furan rings is 1. The fourth-order valence-corrected chi connectivity index (χ4v) is 4.47. The van der Waals surface area contributed by atoms with Gasteiger partial charge in [-0.05, 0) is 74.4 Å². The minimum absolute atomic E-state index is 0.119. The van der Waals surface area contributed by atoms with Crippen molar-refractivity contribution in [1.82, 2.24) is 0 Å². The van der Waals surface area contributed by atoms with E-state index in [1.807, 2.05) is 87.5 Å². The Kier molecular flexibility index (Phi) is 6.98. The van der Waals surface area contributed by atoms with Gasteiger partial charge in [-0.1, -0.05) is 47.6 Å². The molecule has 1 aromatic heterocycles. The average molecular weight is 472 g/mol. The Hall–Kier alpha value is -3.64. The van der Waals surface area contributed by atoms with Crippen molar-refractivity contribution in [3.05, 3.63) is 94.7 Å². The summed E-state index contributed by atoms with van der Waals surface area (Å²) < 4.78 is 5.87. The van der Waals surface area contributed by atoms with E-state index < -0.39 is 5.97 Å². The van der Waals surface area contributed by atoms with Crippen molar-refractivity contribution < 1.29 is 18.8 Å². The predicted molar refractivity (Wildman–Crippen MR) is 135 cm³/mol. The van der Waals surface area contributed by atoms with Crippen LogP contribution in [-0.2, 0) is 9.63 Å². The van der Waals surface area contributed by atoms with Crippen LogP contribution < -0.4 is 0 Å². The Balaban J connectivity index is 1.48. The molecular weight excluding hydrogens is 446 g/mol. The molecule has 0 bridgehead atoms. The maximum absolute atomic E-state index is 13.1. The maximum atomic E-state index is 13.1. The molecule has 0 amide bonds. The molecule has 1 heterocycles. The number of carbonyl (C=O) groups is 2. The summed E-state index contributed by atoms with van der Waals surface area (Å²) in [6.45, 7) is 7.24. The number of rotatable bonds is 7. The maximum Gasteiger partial charge on any atom is 0.331 e. The van der Waals surface area contributed by atoms with Gasteiger partial charge in [0.05, 0.1) is 5.71 Å². The topological polar surface area (TPSA) is 68.9 Å². The molecule has 4 aromatic rings. The van der Waals surface area contributed by atoms with Crippen LogP contribution in [0.25, 0.3) is 11.0 Å². The predicted octanol–water partition coefficient (Wildman–Crippen LogP) is 7.11. The molecule has 0 N–H and O–H groups in total. The van der Waals surface area contributed by atoms with Crippen molar-refractivity contribution in [2.24, 2.45) is 5.16 Å². The highest BCUT2D eigenvalue weighted by Gasteiger charge is 2.19. The number of fused-ring (bicyclic) bond motifs is 1. The molecule has 0 radical (unpaired) electrons. The van der Waals surface area contributed by atoms with E-state index in [1.165, 1.54) is 6.92 Å². The molecule has 5 nitrogen and oxygen atoms in total. The molecule has 3 aromatic carbocycles. The molecule has 4 rings (SSSR count). The zero-order valence-electron chi connectivity index (χ0n) is 19.5. The van der Waals surface area contributed by atoms with E-state index >= 15 is 0 Å². The molecule has 0 saturated heterocycles. The van der Waals surface area contributed by atoms with Crippen LogP contribution in [0, 0.1) is 13.8 Å². The van der Waals surface area contributed by atoms with E-state index in [1.54, 1.807) is 11.8 Å². The van der Waals surface area contributed by atoms with Crippen molar-refractivity contribution in [3.63, 3.8) is 0 Å². The number of ketones is 1. The number of oxime groups is 1. The molecular formula is C28H25NO4S. The minimum Gasteiger partial charge on any atom is -0.452 e.